The molecule has 0 amide bonds. The van der Waals surface area contributed by atoms with E-state index in [0.29, 0.717) is 11.4 Å². The van der Waals surface area contributed by atoms with Gasteiger partial charge in [-0.1, -0.05) is 46.6 Å². The molecule has 0 heterocycles. The van der Waals surface area contributed by atoms with Crippen LogP contribution in [0.4, 0.5) is 11.4 Å². The molecule has 0 aromatic heterocycles. The van der Waals surface area contributed by atoms with E-state index in [1.165, 1.54) is 12.2 Å². The van der Waals surface area contributed by atoms with Crippen LogP contribution in [0.5, 0.6) is 0 Å². The highest BCUT2D eigenvalue weighted by atomic mass is 16.1. The summed E-state index contributed by atoms with van der Waals surface area (Å²) in [4.78, 5) is 17.5. The summed E-state index contributed by atoms with van der Waals surface area (Å²) in [6.07, 6.45) is 6.41. The van der Waals surface area contributed by atoms with Crippen molar-refractivity contribution < 1.29 is 4.79 Å². The molecule has 0 N–H and O–H groups in total. The Morgan fingerprint density at radius 2 is 1.27 bits per heavy atom. The van der Waals surface area contributed by atoms with Gasteiger partial charge in [-0.25, -0.2) is 0 Å². The van der Waals surface area contributed by atoms with E-state index in [-0.39, 0.29) is 5.78 Å². The lowest BCUT2D eigenvalue weighted by molar-refractivity contribution is -0.110. The lowest BCUT2D eigenvalue weighted by atomic mass is 10.1. The maximum Gasteiger partial charge on any atom is 0.178 e. The van der Waals surface area contributed by atoms with Gasteiger partial charge in [-0.2, -0.15) is 0 Å². The molecule has 0 bridgehead atoms. The summed E-state index contributed by atoms with van der Waals surface area (Å²) < 4.78 is 0. The lowest BCUT2D eigenvalue weighted by Gasteiger charge is -2.01. The minimum absolute atomic E-state index is 0.151. The van der Waals surface area contributed by atoms with Crippen molar-refractivity contribution in [3.8, 4) is 0 Å². The first-order valence-electron chi connectivity index (χ1n) is 7.75. The fourth-order valence-corrected chi connectivity index (χ4v) is 2.32. The van der Waals surface area contributed by atoms with Gasteiger partial charge < -0.3 is 0 Å². The van der Waals surface area contributed by atoms with Crippen molar-refractivity contribution in [1.82, 2.24) is 0 Å². The normalized spacial score (nSPS) is 10.5. The highest BCUT2D eigenvalue weighted by Crippen LogP contribution is 2.20. The molecule has 0 radical (unpaired) electrons. The molecular weight excluding hydrogens is 328 g/mol. The van der Waals surface area contributed by atoms with Gasteiger partial charge in [0, 0.05) is 21.2 Å². The number of hydrogen-bond acceptors (Lipinski definition) is 3. The van der Waals surface area contributed by atoms with Crippen molar-refractivity contribution in [3.05, 3.63) is 91.7 Å². The van der Waals surface area contributed by atoms with E-state index >= 15 is 0 Å². The van der Waals surface area contributed by atoms with E-state index in [1.807, 2.05) is 13.8 Å². The first-order valence-corrected chi connectivity index (χ1v) is 7.75. The molecule has 0 spiro atoms. The average Bonchev–Trinajstić information content (AvgIpc) is 2.61. The van der Waals surface area contributed by atoms with Crippen molar-refractivity contribution in [2.75, 3.05) is 0 Å². The fourth-order valence-electron chi connectivity index (χ4n) is 2.32. The number of azide groups is 2. The number of ketones is 1. The molecule has 7 heteroatoms. The van der Waals surface area contributed by atoms with Crippen LogP contribution in [0.3, 0.4) is 0 Å². The first-order chi connectivity index (χ1) is 12.5. The number of carbonyl (C=O) groups is 1. The van der Waals surface area contributed by atoms with Gasteiger partial charge in [-0.15, -0.1) is 0 Å². The van der Waals surface area contributed by atoms with Gasteiger partial charge in [-0.3, -0.25) is 4.79 Å². The third kappa shape index (κ3) is 5.11. The van der Waals surface area contributed by atoms with Gasteiger partial charge >= 0.3 is 0 Å². The highest BCUT2D eigenvalue weighted by Gasteiger charge is 1.99. The molecule has 128 valence electrons. The van der Waals surface area contributed by atoms with E-state index in [9.17, 15) is 4.79 Å². The molecule has 0 aliphatic rings. The van der Waals surface area contributed by atoms with Crippen LogP contribution in [0.15, 0.2) is 58.8 Å². The first kappa shape index (κ1) is 18.5. The van der Waals surface area contributed by atoms with E-state index in [0.717, 1.165) is 22.3 Å². The Hall–Kier alpha value is -3.79. The van der Waals surface area contributed by atoms with Gasteiger partial charge in [0.15, 0.2) is 5.78 Å². The van der Waals surface area contributed by atoms with Crippen molar-refractivity contribution in [3.63, 3.8) is 0 Å². The average molecular weight is 344 g/mol. The summed E-state index contributed by atoms with van der Waals surface area (Å²) in [6, 6.07) is 10.5. The van der Waals surface area contributed by atoms with Crippen LogP contribution in [0.25, 0.3) is 33.0 Å². The van der Waals surface area contributed by atoms with E-state index in [4.69, 9.17) is 11.1 Å². The molecule has 26 heavy (non-hydrogen) atoms. The molecule has 0 unspecified atom stereocenters. The molecule has 0 atom stereocenters. The summed E-state index contributed by atoms with van der Waals surface area (Å²) >= 11 is 0. The maximum absolute atomic E-state index is 12.0. The minimum atomic E-state index is -0.151. The summed E-state index contributed by atoms with van der Waals surface area (Å²) in [5, 5.41) is 7.09. The molecule has 0 aliphatic heterocycles. The van der Waals surface area contributed by atoms with Crippen molar-refractivity contribution in [2.24, 2.45) is 10.2 Å². The SMILES string of the molecule is Cc1cc(N=[N+]=[N-])ccc1/C=C/C(=O)/C=C/c1ccc(N=[N+]=[N-])cc1C. The fraction of sp³-hybridized carbons (Fsp3) is 0.105. The van der Waals surface area contributed by atoms with Crippen molar-refractivity contribution >= 4 is 29.3 Å². The topological polar surface area (TPSA) is 115 Å². The Balaban J connectivity index is 2.11. The van der Waals surface area contributed by atoms with Gasteiger partial charge in [0.05, 0.1) is 0 Å². The van der Waals surface area contributed by atoms with E-state index in [2.05, 4.69) is 20.1 Å². The number of benzene rings is 2. The zero-order chi connectivity index (χ0) is 18.9. The molecule has 7 nitrogen and oxygen atoms in total. The van der Waals surface area contributed by atoms with Crippen LogP contribution in [0.1, 0.15) is 22.3 Å². The molecule has 2 aromatic rings. The monoisotopic (exact) mass is 344 g/mol. The second-order valence-corrected chi connectivity index (χ2v) is 5.53. The van der Waals surface area contributed by atoms with E-state index in [1.54, 1.807) is 48.6 Å². The lowest BCUT2D eigenvalue weighted by Crippen LogP contribution is -1.87. The van der Waals surface area contributed by atoms with Crippen LogP contribution < -0.4 is 0 Å². The molecule has 2 rings (SSSR count). The number of hydrogen-bond donors (Lipinski definition) is 0. The Morgan fingerprint density at radius 3 is 1.62 bits per heavy atom. The quantitative estimate of drug-likeness (QED) is 0.253. The number of nitrogens with zero attached hydrogens (tertiary/aromatic N) is 6. The predicted molar refractivity (Wildman–Crippen MR) is 103 cm³/mol. The van der Waals surface area contributed by atoms with Crippen LogP contribution in [-0.2, 0) is 4.79 Å². The molecular formula is C19H16N6O. The van der Waals surface area contributed by atoms with Gasteiger partial charge in [-0.05, 0) is 71.4 Å². The van der Waals surface area contributed by atoms with Gasteiger partial charge in [0.25, 0.3) is 0 Å². The maximum atomic E-state index is 12.0. The van der Waals surface area contributed by atoms with Crippen LogP contribution in [-0.4, -0.2) is 5.78 Å². The molecule has 0 fully saturated rings. The van der Waals surface area contributed by atoms with Crippen molar-refractivity contribution in [2.45, 2.75) is 13.8 Å². The third-order valence-corrected chi connectivity index (χ3v) is 3.68. The molecule has 0 saturated carbocycles. The highest BCUT2D eigenvalue weighted by molar-refractivity contribution is 6.04. The van der Waals surface area contributed by atoms with E-state index < -0.39 is 0 Å². The Kier molecular flexibility index (Phi) is 6.34. The summed E-state index contributed by atoms with van der Waals surface area (Å²) in [5.74, 6) is -0.151. The molecule has 2 aromatic carbocycles. The van der Waals surface area contributed by atoms with Crippen LogP contribution in [0, 0.1) is 13.8 Å². The standard InChI is InChI=1S/C19H16N6O/c1-13-11-17(22-24-20)7-3-15(13)5-9-19(26)10-6-16-4-8-18(23-25-21)12-14(16)2/h3-12H,1-2H3/b9-5+,10-6+. The summed E-state index contributed by atoms with van der Waals surface area (Å²) in [6.45, 7) is 3.76. The molecule has 0 aliphatic carbocycles. The van der Waals surface area contributed by atoms with Crippen LogP contribution in [0.2, 0.25) is 0 Å². The second kappa shape index (κ2) is 8.89. The third-order valence-electron chi connectivity index (χ3n) is 3.68. The van der Waals surface area contributed by atoms with Crippen LogP contribution >= 0.6 is 0 Å². The number of aryl methyl sites for hydroxylation is 2. The number of allylic oxidation sites excluding steroid dienone is 2. The zero-order valence-electron chi connectivity index (χ0n) is 14.4. The number of rotatable bonds is 6. The Bertz CT molecular complexity index is 914. The second-order valence-electron chi connectivity index (χ2n) is 5.53. The van der Waals surface area contributed by atoms with Gasteiger partial charge in [0.2, 0.25) is 0 Å². The minimum Gasteiger partial charge on any atom is -0.290 e. The summed E-state index contributed by atoms with van der Waals surface area (Å²) in [5.41, 5.74) is 21.5. The summed E-state index contributed by atoms with van der Waals surface area (Å²) in [7, 11) is 0. The Morgan fingerprint density at radius 1 is 0.846 bits per heavy atom. The largest absolute Gasteiger partial charge is 0.290 e. The smallest absolute Gasteiger partial charge is 0.178 e. The number of carbonyl (C=O) groups excluding carboxylic acids is 1. The zero-order valence-corrected chi connectivity index (χ0v) is 14.4. The predicted octanol–water partition coefficient (Wildman–Crippen LogP) is 6.48. The Labute approximate surface area is 150 Å². The van der Waals surface area contributed by atoms with Crippen molar-refractivity contribution in [1.29, 1.82) is 0 Å². The van der Waals surface area contributed by atoms with Gasteiger partial charge in [0.1, 0.15) is 0 Å². The molecule has 0 saturated heterocycles.